The fourth-order valence-corrected chi connectivity index (χ4v) is 6.62. The average molecular weight is 438 g/mol. The number of thiazole rings is 1. The largest absolute Gasteiger partial charge is 0.287 e. The molecule has 3 heterocycles. The van der Waals surface area contributed by atoms with E-state index in [0.29, 0.717) is 19.1 Å². The summed E-state index contributed by atoms with van der Waals surface area (Å²) in [6.07, 6.45) is 6.88. The van der Waals surface area contributed by atoms with Gasteiger partial charge in [-0.25, -0.2) is 4.98 Å². The van der Waals surface area contributed by atoms with E-state index < -0.39 is 0 Å². The molecule has 2 aliphatic rings. The Morgan fingerprint density at radius 1 is 1.10 bits per heavy atom. The van der Waals surface area contributed by atoms with Gasteiger partial charge in [-0.05, 0) is 62.1 Å². The summed E-state index contributed by atoms with van der Waals surface area (Å²) in [7, 11) is 0. The first-order valence-corrected chi connectivity index (χ1v) is 12.6. The molecule has 1 aliphatic carbocycles. The lowest BCUT2D eigenvalue weighted by atomic mass is 10.0. The molecule has 4 nitrogen and oxygen atoms in total. The molecule has 1 amide bonds. The number of aromatic nitrogens is 1. The van der Waals surface area contributed by atoms with E-state index in [0.717, 1.165) is 42.9 Å². The Hall–Kier alpha value is -2.02. The van der Waals surface area contributed by atoms with Crippen LogP contribution >= 0.6 is 22.7 Å². The summed E-state index contributed by atoms with van der Waals surface area (Å²) in [5.74, 6) is 0.161. The van der Waals surface area contributed by atoms with Crippen LogP contribution in [0.4, 0.5) is 5.13 Å². The predicted molar refractivity (Wildman–Crippen MR) is 124 cm³/mol. The zero-order valence-electron chi connectivity index (χ0n) is 17.1. The van der Waals surface area contributed by atoms with Gasteiger partial charge in [0.25, 0.3) is 0 Å². The van der Waals surface area contributed by atoms with Crippen LogP contribution in [0.25, 0.3) is 0 Å². The van der Waals surface area contributed by atoms with Gasteiger partial charge in [0.2, 0.25) is 5.91 Å². The first kappa shape index (κ1) is 19.9. The van der Waals surface area contributed by atoms with Crippen LogP contribution < -0.4 is 4.90 Å². The second-order valence-electron chi connectivity index (χ2n) is 8.18. The first-order chi connectivity index (χ1) is 14.8. The number of hydrogen-bond acceptors (Lipinski definition) is 5. The Morgan fingerprint density at radius 2 is 1.97 bits per heavy atom. The molecule has 30 heavy (non-hydrogen) atoms. The molecule has 0 radical (unpaired) electrons. The van der Waals surface area contributed by atoms with E-state index in [9.17, 15) is 4.79 Å². The number of nitrogens with zero attached hydrogens (tertiary/aromatic N) is 3. The van der Waals surface area contributed by atoms with E-state index in [-0.39, 0.29) is 5.91 Å². The van der Waals surface area contributed by atoms with Crippen molar-refractivity contribution >= 4 is 33.7 Å². The van der Waals surface area contributed by atoms with Crippen molar-refractivity contribution in [2.75, 3.05) is 18.0 Å². The molecule has 0 unspecified atom stereocenters. The third-order valence-corrected chi connectivity index (χ3v) is 8.28. The molecular formula is C24H27N3OS2. The molecule has 6 heteroatoms. The van der Waals surface area contributed by atoms with Gasteiger partial charge in [0.15, 0.2) is 5.13 Å². The molecule has 1 atom stereocenters. The fourth-order valence-electron chi connectivity index (χ4n) is 4.56. The standard InChI is InChI=1S/C24H27N3OS2/c28-23(17-26-14-6-11-20(26)22-13-7-15-29-22)27(16-18-8-2-1-3-9-18)24-25-19-10-4-5-12-21(19)30-24/h1-3,7-9,13,15,20H,4-6,10-12,14,16-17H2/t20-/m0/s1. The number of amides is 1. The van der Waals surface area contributed by atoms with Gasteiger partial charge in [-0.15, -0.1) is 22.7 Å². The molecule has 2 aromatic heterocycles. The molecule has 3 aromatic rings. The highest BCUT2D eigenvalue weighted by atomic mass is 32.1. The van der Waals surface area contributed by atoms with Crippen LogP contribution in [-0.4, -0.2) is 28.9 Å². The van der Waals surface area contributed by atoms with Crippen molar-refractivity contribution in [2.45, 2.75) is 51.1 Å². The number of carbonyl (C=O) groups excluding carboxylic acids is 1. The van der Waals surface area contributed by atoms with E-state index in [1.54, 1.807) is 22.7 Å². The van der Waals surface area contributed by atoms with Crippen molar-refractivity contribution < 1.29 is 4.79 Å². The number of aryl methyl sites for hydroxylation is 2. The van der Waals surface area contributed by atoms with E-state index in [1.807, 2.05) is 23.1 Å². The number of thiophene rings is 1. The number of likely N-dealkylation sites (tertiary alicyclic amines) is 1. The maximum absolute atomic E-state index is 13.6. The minimum Gasteiger partial charge on any atom is -0.287 e. The van der Waals surface area contributed by atoms with E-state index in [2.05, 4.69) is 34.5 Å². The van der Waals surface area contributed by atoms with Gasteiger partial charge in [-0.1, -0.05) is 36.4 Å². The summed E-state index contributed by atoms with van der Waals surface area (Å²) in [5.41, 5.74) is 2.36. The van der Waals surface area contributed by atoms with Gasteiger partial charge in [0.1, 0.15) is 0 Å². The molecule has 1 fully saturated rings. The molecule has 5 rings (SSSR count). The van der Waals surface area contributed by atoms with Crippen molar-refractivity contribution in [3.63, 3.8) is 0 Å². The van der Waals surface area contributed by atoms with Crippen molar-refractivity contribution in [3.05, 3.63) is 68.9 Å². The number of rotatable bonds is 6. The molecule has 0 N–H and O–H groups in total. The second kappa shape index (κ2) is 9.00. The zero-order chi connectivity index (χ0) is 20.3. The summed E-state index contributed by atoms with van der Waals surface area (Å²) in [6.45, 7) is 2.03. The Morgan fingerprint density at radius 3 is 2.77 bits per heavy atom. The van der Waals surface area contributed by atoms with E-state index in [1.165, 1.54) is 28.3 Å². The Bertz CT molecular complexity index is 960. The summed E-state index contributed by atoms with van der Waals surface area (Å²) >= 11 is 3.52. The van der Waals surface area contributed by atoms with E-state index >= 15 is 0 Å². The van der Waals surface area contributed by atoms with Gasteiger partial charge in [-0.2, -0.15) is 0 Å². The SMILES string of the molecule is O=C(CN1CCC[C@H]1c1cccs1)N(Cc1ccccc1)c1nc2c(s1)CCCC2. The third-order valence-electron chi connectivity index (χ3n) is 6.12. The van der Waals surface area contributed by atoms with Crippen molar-refractivity contribution in [1.82, 2.24) is 9.88 Å². The Kier molecular flexibility index (Phi) is 5.97. The highest BCUT2D eigenvalue weighted by molar-refractivity contribution is 7.16. The summed E-state index contributed by atoms with van der Waals surface area (Å²) in [4.78, 5) is 25.5. The lowest BCUT2D eigenvalue weighted by molar-refractivity contribution is -0.120. The molecule has 0 saturated carbocycles. The van der Waals surface area contributed by atoms with E-state index in [4.69, 9.17) is 4.98 Å². The molecular weight excluding hydrogens is 410 g/mol. The van der Waals surface area contributed by atoms with Crippen LogP contribution in [0.1, 0.15) is 52.7 Å². The summed E-state index contributed by atoms with van der Waals surface area (Å²) < 4.78 is 0. The van der Waals surface area contributed by atoms with Crippen molar-refractivity contribution in [3.8, 4) is 0 Å². The smallest absolute Gasteiger partial charge is 0.243 e. The first-order valence-electron chi connectivity index (χ1n) is 10.9. The molecule has 156 valence electrons. The number of anilines is 1. The lowest BCUT2D eigenvalue weighted by Crippen LogP contribution is -2.40. The third kappa shape index (κ3) is 4.22. The number of hydrogen-bond donors (Lipinski definition) is 0. The topological polar surface area (TPSA) is 36.4 Å². The van der Waals surface area contributed by atoms with Gasteiger partial charge in [0, 0.05) is 15.8 Å². The monoisotopic (exact) mass is 437 g/mol. The van der Waals surface area contributed by atoms with Crippen LogP contribution in [0.15, 0.2) is 47.8 Å². The highest BCUT2D eigenvalue weighted by Gasteiger charge is 2.31. The van der Waals surface area contributed by atoms with Crippen LogP contribution in [0.5, 0.6) is 0 Å². The van der Waals surface area contributed by atoms with Gasteiger partial charge in [-0.3, -0.25) is 14.6 Å². The Balaban J connectivity index is 1.39. The number of fused-ring (bicyclic) bond motifs is 1. The van der Waals surface area contributed by atoms with Crippen LogP contribution in [-0.2, 0) is 24.2 Å². The minimum atomic E-state index is 0.161. The van der Waals surface area contributed by atoms with Gasteiger partial charge < -0.3 is 0 Å². The number of carbonyl (C=O) groups is 1. The lowest BCUT2D eigenvalue weighted by Gasteiger charge is -2.27. The normalized spacial score (nSPS) is 19.0. The number of benzene rings is 1. The summed E-state index contributed by atoms with van der Waals surface area (Å²) in [5, 5.41) is 3.01. The van der Waals surface area contributed by atoms with Crippen molar-refractivity contribution in [2.24, 2.45) is 0 Å². The average Bonchev–Trinajstić information content (AvgIpc) is 3.52. The summed E-state index contributed by atoms with van der Waals surface area (Å²) in [6, 6.07) is 15.0. The molecule has 0 bridgehead atoms. The van der Waals surface area contributed by atoms with Crippen LogP contribution in [0.2, 0.25) is 0 Å². The fraction of sp³-hybridized carbons (Fsp3) is 0.417. The molecule has 0 spiro atoms. The second-order valence-corrected chi connectivity index (χ2v) is 10.2. The van der Waals surface area contributed by atoms with Gasteiger partial charge >= 0.3 is 0 Å². The Labute approximate surface area is 186 Å². The predicted octanol–water partition coefficient (Wildman–Crippen LogP) is 5.45. The molecule has 1 saturated heterocycles. The minimum absolute atomic E-state index is 0.161. The van der Waals surface area contributed by atoms with Crippen molar-refractivity contribution in [1.29, 1.82) is 0 Å². The quantitative estimate of drug-likeness (QED) is 0.514. The highest BCUT2D eigenvalue weighted by Crippen LogP contribution is 2.36. The van der Waals surface area contributed by atoms with Crippen LogP contribution in [0, 0.1) is 0 Å². The molecule has 1 aliphatic heterocycles. The van der Waals surface area contributed by atoms with Crippen LogP contribution in [0.3, 0.4) is 0 Å². The maximum Gasteiger partial charge on any atom is 0.243 e. The maximum atomic E-state index is 13.6. The zero-order valence-corrected chi connectivity index (χ0v) is 18.8. The van der Waals surface area contributed by atoms with Gasteiger partial charge in [0.05, 0.1) is 18.8 Å². The molecule has 1 aromatic carbocycles.